The van der Waals surface area contributed by atoms with E-state index in [2.05, 4.69) is 5.10 Å². The van der Waals surface area contributed by atoms with Gasteiger partial charge in [0.1, 0.15) is 5.82 Å². The van der Waals surface area contributed by atoms with Crippen molar-refractivity contribution in [3.05, 3.63) is 76.5 Å². The van der Waals surface area contributed by atoms with Crippen molar-refractivity contribution in [1.82, 2.24) is 9.78 Å². The van der Waals surface area contributed by atoms with Crippen LogP contribution in [0, 0.1) is 11.7 Å². The molecular weight excluding hydrogens is 379 g/mol. The molecule has 1 fully saturated rings. The van der Waals surface area contributed by atoms with Gasteiger partial charge in [-0.05, 0) is 47.6 Å². The van der Waals surface area contributed by atoms with E-state index in [-0.39, 0.29) is 17.1 Å². The van der Waals surface area contributed by atoms with Gasteiger partial charge >= 0.3 is 0 Å². The normalized spacial score (nSPS) is 14.8. The first-order valence-corrected chi connectivity index (χ1v) is 10.3. The van der Waals surface area contributed by atoms with E-state index >= 15 is 0 Å². The zero-order chi connectivity index (χ0) is 19.7. The minimum atomic E-state index is -2.16. The molecule has 1 aliphatic rings. The minimum absolute atomic E-state index is 0.0632. The number of benzene rings is 2. The van der Waals surface area contributed by atoms with Crippen molar-refractivity contribution >= 4 is 11.1 Å². The van der Waals surface area contributed by atoms with Crippen LogP contribution in [0.2, 0.25) is 0 Å². The van der Waals surface area contributed by atoms with Gasteiger partial charge in [0.25, 0.3) is 5.56 Å². The molecular formula is C21H18FN2O3S-. The van der Waals surface area contributed by atoms with Crippen LogP contribution in [0.1, 0.15) is 18.4 Å². The van der Waals surface area contributed by atoms with Gasteiger partial charge in [0, 0.05) is 17.9 Å². The Labute approximate surface area is 164 Å². The number of rotatable bonds is 6. The van der Waals surface area contributed by atoms with Crippen LogP contribution in [0.5, 0.6) is 0 Å². The molecule has 4 rings (SSSR count). The van der Waals surface area contributed by atoms with Crippen LogP contribution in [0.3, 0.4) is 0 Å². The summed E-state index contributed by atoms with van der Waals surface area (Å²) in [6.07, 6.45) is 3.86. The van der Waals surface area contributed by atoms with Crippen LogP contribution in [-0.4, -0.2) is 18.5 Å². The van der Waals surface area contributed by atoms with Crippen LogP contribution >= 0.6 is 0 Å². The first kappa shape index (κ1) is 18.7. The molecule has 1 unspecified atom stereocenters. The molecule has 1 atom stereocenters. The van der Waals surface area contributed by atoms with Crippen LogP contribution in [0.25, 0.3) is 22.3 Å². The van der Waals surface area contributed by atoms with E-state index in [1.807, 2.05) is 0 Å². The zero-order valence-corrected chi connectivity index (χ0v) is 15.8. The van der Waals surface area contributed by atoms with Crippen molar-refractivity contribution in [3.8, 4) is 22.3 Å². The number of aromatic nitrogens is 2. The third-order valence-corrected chi connectivity index (χ3v) is 5.42. The summed E-state index contributed by atoms with van der Waals surface area (Å²) >= 11 is -2.16. The van der Waals surface area contributed by atoms with Gasteiger partial charge in [-0.2, -0.15) is 5.10 Å². The fraction of sp³-hybridized carbons (Fsp3) is 0.238. The van der Waals surface area contributed by atoms with Gasteiger partial charge in [-0.1, -0.05) is 47.5 Å². The third kappa shape index (κ3) is 4.10. The number of hydrogen-bond donors (Lipinski definition) is 0. The lowest BCUT2D eigenvalue weighted by atomic mass is 9.96. The first-order chi connectivity index (χ1) is 13.5. The highest BCUT2D eigenvalue weighted by molar-refractivity contribution is 7.78. The minimum Gasteiger partial charge on any atom is -0.772 e. The summed E-state index contributed by atoms with van der Waals surface area (Å²) < 4.78 is 36.6. The molecule has 0 aliphatic heterocycles. The van der Waals surface area contributed by atoms with Crippen molar-refractivity contribution < 1.29 is 13.2 Å². The summed E-state index contributed by atoms with van der Waals surface area (Å²) in [6, 6.07) is 12.8. The largest absolute Gasteiger partial charge is 0.772 e. The molecule has 7 heteroatoms. The third-order valence-electron chi connectivity index (χ3n) is 4.85. The highest BCUT2D eigenvalue weighted by Gasteiger charge is 2.24. The second-order valence-electron chi connectivity index (χ2n) is 7.02. The van der Waals surface area contributed by atoms with Gasteiger partial charge < -0.3 is 4.55 Å². The van der Waals surface area contributed by atoms with Crippen molar-refractivity contribution in [2.75, 3.05) is 0 Å². The van der Waals surface area contributed by atoms with E-state index in [0.717, 1.165) is 18.4 Å². The summed E-state index contributed by atoms with van der Waals surface area (Å²) in [5.74, 6) is 0.0591. The molecule has 2 aromatic carbocycles. The molecule has 0 saturated heterocycles. The van der Waals surface area contributed by atoms with Gasteiger partial charge in [0.2, 0.25) is 0 Å². The molecule has 0 radical (unpaired) electrons. The molecule has 144 valence electrons. The Morgan fingerprint density at radius 1 is 1.07 bits per heavy atom. The Kier molecular flexibility index (Phi) is 5.19. The van der Waals surface area contributed by atoms with E-state index in [0.29, 0.717) is 34.7 Å². The molecule has 1 aliphatic carbocycles. The summed E-state index contributed by atoms with van der Waals surface area (Å²) in [5, 5.41) is 4.34. The van der Waals surface area contributed by atoms with Crippen LogP contribution in [-0.2, 0) is 23.4 Å². The first-order valence-electron chi connectivity index (χ1n) is 9.02. The fourth-order valence-corrected chi connectivity index (χ4v) is 3.66. The van der Waals surface area contributed by atoms with Crippen molar-refractivity contribution in [2.24, 2.45) is 5.92 Å². The molecule has 0 bridgehead atoms. The summed E-state index contributed by atoms with van der Waals surface area (Å²) in [7, 11) is 0. The van der Waals surface area contributed by atoms with E-state index in [9.17, 15) is 17.9 Å². The molecule has 0 N–H and O–H groups in total. The molecule has 0 spiro atoms. The standard InChI is InChI=1S/C21H19FN2O3S/c22-18-9-7-17(8-10-18)20-19(11-23-24(21(20)25)12-14-1-2-14)16-5-3-15(4-6-16)13-28(26)27/h3-11,14H,1-2,12-13H2,(H,26,27)/p-1. The van der Waals surface area contributed by atoms with Crippen LogP contribution in [0.15, 0.2) is 59.5 Å². The maximum Gasteiger partial charge on any atom is 0.275 e. The smallest absolute Gasteiger partial charge is 0.275 e. The fourth-order valence-electron chi connectivity index (χ4n) is 3.19. The monoisotopic (exact) mass is 397 g/mol. The maximum atomic E-state index is 13.4. The predicted molar refractivity (Wildman–Crippen MR) is 105 cm³/mol. The maximum absolute atomic E-state index is 13.4. The Morgan fingerprint density at radius 2 is 1.71 bits per heavy atom. The lowest BCUT2D eigenvalue weighted by molar-refractivity contribution is 0.535. The van der Waals surface area contributed by atoms with E-state index in [1.54, 1.807) is 42.6 Å². The Morgan fingerprint density at radius 3 is 2.32 bits per heavy atom. The van der Waals surface area contributed by atoms with Gasteiger partial charge in [-0.25, -0.2) is 9.07 Å². The molecule has 28 heavy (non-hydrogen) atoms. The van der Waals surface area contributed by atoms with Gasteiger partial charge in [-0.3, -0.25) is 9.00 Å². The van der Waals surface area contributed by atoms with Crippen molar-refractivity contribution in [1.29, 1.82) is 0 Å². The van der Waals surface area contributed by atoms with Gasteiger partial charge in [0.15, 0.2) is 0 Å². The Bertz CT molecular complexity index is 1070. The lowest BCUT2D eigenvalue weighted by Gasteiger charge is -2.13. The average molecular weight is 397 g/mol. The number of nitrogens with zero attached hydrogens (tertiary/aromatic N) is 2. The molecule has 3 aromatic rings. The van der Waals surface area contributed by atoms with Crippen molar-refractivity contribution in [2.45, 2.75) is 25.1 Å². The SMILES string of the molecule is O=c1c(-c2ccc(F)cc2)c(-c2ccc(CS(=O)[O-])cc2)cnn1CC1CC1. The Balaban J connectivity index is 1.81. The molecule has 5 nitrogen and oxygen atoms in total. The summed E-state index contributed by atoms with van der Waals surface area (Å²) in [6.45, 7) is 0.585. The summed E-state index contributed by atoms with van der Waals surface area (Å²) in [5.41, 5.74) is 2.94. The van der Waals surface area contributed by atoms with Gasteiger partial charge in [0.05, 0.1) is 11.8 Å². The predicted octanol–water partition coefficient (Wildman–Crippen LogP) is 3.51. The summed E-state index contributed by atoms with van der Waals surface area (Å²) in [4.78, 5) is 13.1. The number of hydrogen-bond acceptors (Lipinski definition) is 4. The van der Waals surface area contributed by atoms with E-state index in [1.165, 1.54) is 16.8 Å². The molecule has 1 aromatic heterocycles. The highest BCUT2D eigenvalue weighted by atomic mass is 32.2. The number of halogens is 1. The lowest BCUT2D eigenvalue weighted by Crippen LogP contribution is -2.25. The van der Waals surface area contributed by atoms with E-state index in [4.69, 9.17) is 0 Å². The zero-order valence-electron chi connectivity index (χ0n) is 15.0. The highest BCUT2D eigenvalue weighted by Crippen LogP contribution is 2.32. The topological polar surface area (TPSA) is 75.0 Å². The second-order valence-corrected chi connectivity index (χ2v) is 7.91. The van der Waals surface area contributed by atoms with Crippen molar-refractivity contribution in [3.63, 3.8) is 0 Å². The van der Waals surface area contributed by atoms with E-state index < -0.39 is 11.1 Å². The van der Waals surface area contributed by atoms with Gasteiger partial charge in [-0.15, -0.1) is 0 Å². The van der Waals surface area contributed by atoms with Crippen LogP contribution < -0.4 is 5.56 Å². The quantitative estimate of drug-likeness (QED) is 0.597. The average Bonchev–Trinajstić information content (AvgIpc) is 3.49. The molecule has 0 amide bonds. The molecule has 1 heterocycles. The second kappa shape index (κ2) is 7.77. The van der Waals surface area contributed by atoms with Crippen LogP contribution in [0.4, 0.5) is 4.39 Å². The Hall–Kier alpha value is -2.64. The molecule has 1 saturated carbocycles.